The number of aliphatic hydroxyl groups excluding tert-OH is 2. The second-order valence-corrected chi connectivity index (χ2v) is 11.7. The summed E-state index contributed by atoms with van der Waals surface area (Å²) in [5, 5.41) is 20.5. The van der Waals surface area contributed by atoms with Crippen molar-refractivity contribution in [1.29, 1.82) is 0 Å². The standard InChI is InChI=1S/C8H20O16P4/c1-25(11,12)21-5-3(9)7(23-27(15,16)17)8(24-28(18,19)20)4(10)6(5)22-26(2,13)14/h3-10H,1-2H3,(H,11,12)(H,13,14)(H2,15,16,17)(H2,18,19,20)/p-2/t3-,4+,5-,6-,7+,8+/m0/s1. The van der Waals surface area contributed by atoms with Crippen molar-refractivity contribution in [2.45, 2.75) is 36.6 Å². The van der Waals surface area contributed by atoms with E-state index >= 15 is 0 Å². The van der Waals surface area contributed by atoms with E-state index in [1.165, 1.54) is 0 Å². The van der Waals surface area contributed by atoms with Gasteiger partial charge in [0, 0.05) is 13.3 Å². The van der Waals surface area contributed by atoms with E-state index in [4.69, 9.17) is 9.79 Å². The third-order valence-corrected chi connectivity index (χ3v) is 5.43. The Hall–Kier alpha value is 0.440. The van der Waals surface area contributed by atoms with E-state index in [1.807, 2.05) is 0 Å². The van der Waals surface area contributed by atoms with Crippen LogP contribution in [0.3, 0.4) is 0 Å². The van der Waals surface area contributed by atoms with Gasteiger partial charge in [-0.15, -0.1) is 0 Å². The molecule has 0 radical (unpaired) electrons. The highest BCUT2D eigenvalue weighted by Gasteiger charge is 2.56. The van der Waals surface area contributed by atoms with Crippen LogP contribution in [0.2, 0.25) is 0 Å². The molecule has 1 fully saturated rings. The van der Waals surface area contributed by atoms with Gasteiger partial charge in [-0.1, -0.05) is 0 Å². The molecule has 0 aromatic heterocycles. The molecule has 0 amide bonds. The molecule has 6 N–H and O–H groups in total. The highest BCUT2D eigenvalue weighted by atomic mass is 31.2. The van der Waals surface area contributed by atoms with Crippen molar-refractivity contribution in [3.63, 3.8) is 0 Å². The van der Waals surface area contributed by atoms with Crippen LogP contribution in [0.5, 0.6) is 0 Å². The SMILES string of the molecule is CP(=O)(O)O[C@H]1[C@H](O)[C@@H](OP(=O)([O-])O)[C@H](OP(=O)([O-])O)[C@H](O)[C@@H]1OP(C)(=O)O. The van der Waals surface area contributed by atoms with E-state index in [2.05, 4.69) is 18.1 Å². The fourth-order valence-corrected chi connectivity index (χ4v) is 4.90. The number of hydrogen-bond acceptors (Lipinski definition) is 12. The third-order valence-electron chi connectivity index (χ3n) is 3.14. The fourth-order valence-electron chi connectivity index (χ4n) is 2.40. The lowest BCUT2D eigenvalue weighted by Gasteiger charge is -2.47. The zero-order valence-corrected chi connectivity index (χ0v) is 17.6. The lowest BCUT2D eigenvalue weighted by Crippen LogP contribution is -2.65. The summed E-state index contributed by atoms with van der Waals surface area (Å²) in [6, 6.07) is 0. The maximum atomic E-state index is 11.5. The van der Waals surface area contributed by atoms with Crippen LogP contribution in [0.25, 0.3) is 0 Å². The van der Waals surface area contributed by atoms with Crippen LogP contribution in [0.4, 0.5) is 0 Å². The molecule has 10 atom stereocenters. The topological polar surface area (TPSA) is 273 Å². The van der Waals surface area contributed by atoms with Crippen LogP contribution >= 0.6 is 30.8 Å². The van der Waals surface area contributed by atoms with Gasteiger partial charge in [0.15, 0.2) is 0 Å². The molecular weight excluding hydrogens is 476 g/mol. The second kappa shape index (κ2) is 8.89. The second-order valence-electron chi connectivity index (χ2n) is 5.80. The van der Waals surface area contributed by atoms with Crippen LogP contribution in [0.15, 0.2) is 0 Å². The lowest BCUT2D eigenvalue weighted by molar-refractivity contribution is -0.267. The Kier molecular flexibility index (Phi) is 8.41. The first kappa shape index (κ1) is 26.5. The van der Waals surface area contributed by atoms with Gasteiger partial charge < -0.3 is 48.6 Å². The summed E-state index contributed by atoms with van der Waals surface area (Å²) >= 11 is 0. The van der Waals surface area contributed by atoms with Gasteiger partial charge in [0.2, 0.25) is 0 Å². The van der Waals surface area contributed by atoms with Crippen LogP contribution in [-0.4, -0.2) is 79.7 Å². The predicted molar refractivity (Wildman–Crippen MR) is 82.7 cm³/mol. The Balaban J connectivity index is 3.47. The molecule has 20 heteroatoms. The smallest absolute Gasteiger partial charge is 0.325 e. The summed E-state index contributed by atoms with van der Waals surface area (Å²) in [6.07, 6.45) is -14.5. The highest BCUT2D eigenvalue weighted by molar-refractivity contribution is 7.52. The van der Waals surface area contributed by atoms with Gasteiger partial charge in [-0.25, -0.2) is 0 Å². The molecular formula is C8H18O16P4-2. The van der Waals surface area contributed by atoms with Crippen molar-refractivity contribution in [3.05, 3.63) is 0 Å². The average Bonchev–Trinajstić information content (AvgIpc) is 2.39. The van der Waals surface area contributed by atoms with Crippen molar-refractivity contribution >= 4 is 30.8 Å². The Bertz CT molecular complexity index is 607. The molecule has 0 heterocycles. The number of hydrogen-bond donors (Lipinski definition) is 6. The van der Waals surface area contributed by atoms with Crippen molar-refractivity contribution in [1.82, 2.24) is 0 Å². The summed E-state index contributed by atoms with van der Waals surface area (Å²) in [5.74, 6) is 0. The van der Waals surface area contributed by atoms with Crippen molar-refractivity contribution in [3.8, 4) is 0 Å². The van der Waals surface area contributed by atoms with Crippen molar-refractivity contribution in [2.75, 3.05) is 13.3 Å². The van der Waals surface area contributed by atoms with E-state index in [1.54, 1.807) is 0 Å². The molecule has 0 bridgehead atoms. The minimum Gasteiger partial charge on any atom is -0.756 e. The zero-order chi connectivity index (χ0) is 22.3. The molecule has 0 spiro atoms. The summed E-state index contributed by atoms with van der Waals surface area (Å²) < 4.78 is 62.3. The van der Waals surface area contributed by atoms with E-state index in [9.17, 15) is 48.0 Å². The van der Waals surface area contributed by atoms with Gasteiger partial charge in [0.05, 0.1) is 0 Å². The van der Waals surface area contributed by atoms with Gasteiger partial charge in [-0.2, -0.15) is 0 Å². The van der Waals surface area contributed by atoms with E-state index < -0.39 is 67.5 Å². The minimum atomic E-state index is -5.75. The summed E-state index contributed by atoms with van der Waals surface area (Å²) in [7, 11) is -20.6. The largest absolute Gasteiger partial charge is 0.756 e. The van der Waals surface area contributed by atoms with E-state index in [0.717, 1.165) is 0 Å². The molecule has 1 saturated carbocycles. The number of rotatable bonds is 8. The van der Waals surface area contributed by atoms with Gasteiger partial charge in [-0.05, 0) is 0 Å². The Morgan fingerprint density at radius 3 is 1.00 bits per heavy atom. The van der Waals surface area contributed by atoms with Gasteiger partial charge in [0.1, 0.15) is 36.6 Å². The maximum Gasteiger partial charge on any atom is 0.325 e. The third kappa shape index (κ3) is 8.66. The van der Waals surface area contributed by atoms with E-state index in [0.29, 0.717) is 13.3 Å². The first-order valence-corrected chi connectivity index (χ1v) is 14.0. The molecule has 0 saturated heterocycles. The van der Waals surface area contributed by atoms with Crippen LogP contribution in [0, 0.1) is 0 Å². The van der Waals surface area contributed by atoms with Crippen LogP contribution in [-0.2, 0) is 36.4 Å². The summed E-state index contributed by atoms with van der Waals surface area (Å²) in [5.41, 5.74) is 0. The zero-order valence-electron chi connectivity index (χ0n) is 14.0. The van der Waals surface area contributed by atoms with Crippen LogP contribution < -0.4 is 9.79 Å². The lowest BCUT2D eigenvalue weighted by atomic mass is 9.85. The predicted octanol–water partition coefficient (Wildman–Crippen LogP) is -3.19. The van der Waals surface area contributed by atoms with Gasteiger partial charge >= 0.3 is 15.2 Å². The molecule has 0 aromatic carbocycles. The monoisotopic (exact) mass is 494 g/mol. The number of phosphoric ester groups is 2. The Morgan fingerprint density at radius 1 is 0.607 bits per heavy atom. The summed E-state index contributed by atoms with van der Waals surface area (Å²) in [6.45, 7) is 1.19. The Morgan fingerprint density at radius 2 is 0.821 bits per heavy atom. The van der Waals surface area contributed by atoms with Crippen LogP contribution in [0.1, 0.15) is 0 Å². The average molecular weight is 494 g/mol. The minimum absolute atomic E-state index is 0.593. The summed E-state index contributed by atoms with van der Waals surface area (Å²) in [4.78, 5) is 58.3. The van der Waals surface area contributed by atoms with Gasteiger partial charge in [0.25, 0.3) is 15.6 Å². The molecule has 4 unspecified atom stereocenters. The maximum absolute atomic E-state index is 11.5. The molecule has 168 valence electrons. The number of phosphoric acid groups is 2. The molecule has 16 nitrogen and oxygen atoms in total. The fraction of sp³-hybridized carbons (Fsp3) is 1.00. The molecule has 28 heavy (non-hydrogen) atoms. The normalized spacial score (nSPS) is 39.9. The molecule has 0 aromatic rings. The quantitative estimate of drug-likeness (QED) is 0.181. The number of aliphatic hydroxyl groups is 2. The molecule has 0 aliphatic heterocycles. The highest BCUT2D eigenvalue weighted by Crippen LogP contribution is 2.50. The van der Waals surface area contributed by atoms with Gasteiger partial charge in [-0.3, -0.25) is 27.3 Å². The molecule has 1 rings (SSSR count). The first-order valence-electron chi connectivity index (χ1n) is 6.98. The van der Waals surface area contributed by atoms with Crippen molar-refractivity contribution < 1.29 is 75.9 Å². The molecule has 1 aliphatic rings. The molecule has 1 aliphatic carbocycles. The Labute approximate surface area is 157 Å². The first-order chi connectivity index (χ1) is 12.2. The van der Waals surface area contributed by atoms with E-state index in [-0.39, 0.29) is 0 Å². The van der Waals surface area contributed by atoms with Crippen molar-refractivity contribution in [2.24, 2.45) is 0 Å².